The summed E-state index contributed by atoms with van der Waals surface area (Å²) >= 11 is 5.96. The van der Waals surface area contributed by atoms with E-state index in [1.165, 1.54) is 12.3 Å². The van der Waals surface area contributed by atoms with Crippen LogP contribution in [0.5, 0.6) is 0 Å². The zero-order valence-electron chi connectivity index (χ0n) is 12.2. The van der Waals surface area contributed by atoms with E-state index in [0.717, 1.165) is 18.4 Å². The maximum Gasteiger partial charge on any atom is 0.271 e. The van der Waals surface area contributed by atoms with Crippen molar-refractivity contribution in [3.63, 3.8) is 0 Å². The molecule has 1 heterocycles. The minimum atomic E-state index is -0.329. The maximum absolute atomic E-state index is 14.2. The minimum absolute atomic E-state index is 0.198. The normalized spacial score (nSPS) is 15.4. The van der Waals surface area contributed by atoms with Crippen LogP contribution in [0.1, 0.15) is 34.5 Å². The van der Waals surface area contributed by atoms with Crippen LogP contribution in [0.4, 0.5) is 4.39 Å². The molecule has 3 nitrogen and oxygen atoms in total. The molecule has 5 heteroatoms. The molecule has 1 aliphatic carbocycles. The van der Waals surface area contributed by atoms with Crippen molar-refractivity contribution < 1.29 is 9.18 Å². The molecule has 3 rings (SSSR count). The molecule has 2 aromatic rings. The number of halogens is 2. The molecular formula is C17H16ClFN2O. The third kappa shape index (κ3) is 2.83. The Morgan fingerprint density at radius 1 is 1.41 bits per heavy atom. The molecule has 1 aliphatic rings. The summed E-state index contributed by atoms with van der Waals surface area (Å²) in [5.41, 5.74) is 1.46. The van der Waals surface area contributed by atoms with Gasteiger partial charge in [-0.3, -0.25) is 4.79 Å². The van der Waals surface area contributed by atoms with Gasteiger partial charge in [-0.2, -0.15) is 0 Å². The topological polar surface area (TPSA) is 42.0 Å². The van der Waals surface area contributed by atoms with Gasteiger partial charge in [0.2, 0.25) is 0 Å². The van der Waals surface area contributed by atoms with Crippen molar-refractivity contribution in [1.29, 1.82) is 0 Å². The molecule has 0 spiro atoms. The van der Waals surface area contributed by atoms with E-state index in [9.17, 15) is 9.18 Å². The Morgan fingerprint density at radius 2 is 2.18 bits per heavy atom. The van der Waals surface area contributed by atoms with Crippen LogP contribution in [0.3, 0.4) is 0 Å². The third-order valence-corrected chi connectivity index (χ3v) is 4.42. The smallest absolute Gasteiger partial charge is 0.271 e. The number of aromatic nitrogens is 1. The number of nitrogens with one attached hydrogen (secondary N) is 1. The second-order valence-electron chi connectivity index (χ2n) is 5.78. The maximum atomic E-state index is 14.2. The lowest BCUT2D eigenvalue weighted by molar-refractivity contribution is 0.0944. The van der Waals surface area contributed by atoms with Gasteiger partial charge in [-0.15, -0.1) is 0 Å². The van der Waals surface area contributed by atoms with Crippen LogP contribution in [-0.2, 0) is 5.41 Å². The molecule has 0 aliphatic heterocycles. The number of benzene rings is 1. The fourth-order valence-corrected chi connectivity index (χ4v) is 2.84. The standard InChI is InChI=1S/C17H16ClFN2O/c1-11-4-5-12(14(19)9-11)17(6-7-17)10-21-16(22)15-13(18)3-2-8-20-15/h2-5,8-9H,6-7,10H2,1H3,(H,21,22). The number of hydrogen-bond acceptors (Lipinski definition) is 2. The summed E-state index contributed by atoms with van der Waals surface area (Å²) in [6, 6.07) is 8.54. The van der Waals surface area contributed by atoms with Crippen LogP contribution in [0, 0.1) is 12.7 Å². The minimum Gasteiger partial charge on any atom is -0.350 e. The predicted molar refractivity (Wildman–Crippen MR) is 83.6 cm³/mol. The van der Waals surface area contributed by atoms with Gasteiger partial charge < -0.3 is 5.32 Å². The molecule has 1 saturated carbocycles. The second-order valence-corrected chi connectivity index (χ2v) is 6.19. The van der Waals surface area contributed by atoms with Gasteiger partial charge in [0.05, 0.1) is 5.02 Å². The van der Waals surface area contributed by atoms with Crippen LogP contribution >= 0.6 is 11.6 Å². The highest BCUT2D eigenvalue weighted by molar-refractivity contribution is 6.33. The van der Waals surface area contributed by atoms with E-state index in [4.69, 9.17) is 11.6 Å². The van der Waals surface area contributed by atoms with Crippen molar-refractivity contribution in [1.82, 2.24) is 10.3 Å². The van der Waals surface area contributed by atoms with Gasteiger partial charge in [-0.25, -0.2) is 9.37 Å². The van der Waals surface area contributed by atoms with Gasteiger partial charge in [0, 0.05) is 18.2 Å². The molecule has 1 aromatic heterocycles. The van der Waals surface area contributed by atoms with Crippen molar-refractivity contribution in [2.24, 2.45) is 0 Å². The first kappa shape index (κ1) is 15.0. The summed E-state index contributed by atoms with van der Waals surface area (Å²) in [6.45, 7) is 2.25. The van der Waals surface area contributed by atoms with E-state index in [1.807, 2.05) is 19.1 Å². The molecule has 0 saturated heterocycles. The summed E-state index contributed by atoms with van der Waals surface area (Å²) in [5, 5.41) is 3.14. The molecular weight excluding hydrogens is 303 g/mol. The van der Waals surface area contributed by atoms with Crippen LogP contribution in [-0.4, -0.2) is 17.4 Å². The molecule has 0 unspecified atom stereocenters. The Morgan fingerprint density at radius 3 is 2.82 bits per heavy atom. The molecule has 0 bridgehead atoms. The highest BCUT2D eigenvalue weighted by Crippen LogP contribution is 2.48. The number of amides is 1. The fourth-order valence-electron chi connectivity index (χ4n) is 2.63. The van der Waals surface area contributed by atoms with Crippen molar-refractivity contribution in [3.8, 4) is 0 Å². The Hall–Kier alpha value is -1.94. The largest absolute Gasteiger partial charge is 0.350 e. The zero-order valence-corrected chi connectivity index (χ0v) is 13.0. The first-order valence-corrected chi connectivity index (χ1v) is 7.55. The van der Waals surface area contributed by atoms with E-state index in [-0.39, 0.29) is 22.8 Å². The highest BCUT2D eigenvalue weighted by atomic mass is 35.5. The van der Waals surface area contributed by atoms with E-state index in [0.29, 0.717) is 17.1 Å². The summed E-state index contributed by atoms with van der Waals surface area (Å²) < 4.78 is 14.2. The second kappa shape index (κ2) is 5.69. The van der Waals surface area contributed by atoms with Gasteiger partial charge >= 0.3 is 0 Å². The quantitative estimate of drug-likeness (QED) is 0.935. The highest BCUT2D eigenvalue weighted by Gasteiger charge is 2.46. The van der Waals surface area contributed by atoms with Crippen molar-refractivity contribution in [2.45, 2.75) is 25.2 Å². The molecule has 0 radical (unpaired) electrons. The number of hydrogen-bond donors (Lipinski definition) is 1. The van der Waals surface area contributed by atoms with Gasteiger partial charge in [0.1, 0.15) is 11.5 Å². The third-order valence-electron chi connectivity index (χ3n) is 4.11. The van der Waals surface area contributed by atoms with Crippen LogP contribution < -0.4 is 5.32 Å². The SMILES string of the molecule is Cc1ccc(C2(CNC(=O)c3ncccc3Cl)CC2)c(F)c1. The number of rotatable bonds is 4. The van der Waals surface area contributed by atoms with Gasteiger partial charge in [0.25, 0.3) is 5.91 Å². The average Bonchev–Trinajstić information content (AvgIpc) is 3.26. The van der Waals surface area contributed by atoms with Crippen molar-refractivity contribution >= 4 is 17.5 Å². The van der Waals surface area contributed by atoms with Crippen molar-refractivity contribution in [2.75, 3.05) is 6.54 Å². The Bertz CT molecular complexity index is 728. The molecule has 22 heavy (non-hydrogen) atoms. The summed E-state index contributed by atoms with van der Waals surface area (Å²) in [4.78, 5) is 16.1. The zero-order chi connectivity index (χ0) is 15.7. The molecule has 0 atom stereocenters. The number of aryl methyl sites for hydroxylation is 1. The van der Waals surface area contributed by atoms with E-state index in [1.54, 1.807) is 12.1 Å². The molecule has 1 aromatic carbocycles. The van der Waals surface area contributed by atoms with Crippen molar-refractivity contribution in [3.05, 3.63) is 64.2 Å². The molecule has 1 N–H and O–H groups in total. The van der Waals surface area contributed by atoms with Crippen LogP contribution in [0.2, 0.25) is 5.02 Å². The van der Waals surface area contributed by atoms with E-state index in [2.05, 4.69) is 10.3 Å². The number of nitrogens with zero attached hydrogens (tertiary/aromatic N) is 1. The van der Waals surface area contributed by atoms with Gasteiger partial charge in [-0.1, -0.05) is 23.7 Å². The lowest BCUT2D eigenvalue weighted by atomic mass is 9.94. The molecule has 1 fully saturated rings. The molecule has 1 amide bonds. The lowest BCUT2D eigenvalue weighted by Crippen LogP contribution is -2.33. The predicted octanol–water partition coefficient (Wildman–Crippen LogP) is 3.64. The van der Waals surface area contributed by atoms with Gasteiger partial charge in [-0.05, 0) is 49.1 Å². The summed E-state index contributed by atoms with van der Waals surface area (Å²) in [5.74, 6) is -0.535. The van der Waals surface area contributed by atoms with Crippen LogP contribution in [0.15, 0.2) is 36.5 Å². The van der Waals surface area contributed by atoms with E-state index >= 15 is 0 Å². The Labute approximate surface area is 133 Å². The first-order chi connectivity index (χ1) is 10.5. The Kier molecular flexibility index (Phi) is 3.87. The number of carbonyl (C=O) groups excluding carboxylic acids is 1. The Balaban J connectivity index is 1.73. The first-order valence-electron chi connectivity index (χ1n) is 7.17. The average molecular weight is 319 g/mol. The fraction of sp³-hybridized carbons (Fsp3) is 0.294. The summed E-state index contributed by atoms with van der Waals surface area (Å²) in [6.07, 6.45) is 3.25. The lowest BCUT2D eigenvalue weighted by Gasteiger charge is -2.18. The van der Waals surface area contributed by atoms with Crippen LogP contribution in [0.25, 0.3) is 0 Å². The van der Waals surface area contributed by atoms with Gasteiger partial charge in [0.15, 0.2) is 0 Å². The molecule has 114 valence electrons. The monoisotopic (exact) mass is 318 g/mol. The number of carbonyl (C=O) groups is 1. The summed E-state index contributed by atoms with van der Waals surface area (Å²) in [7, 11) is 0. The number of pyridine rings is 1. The van der Waals surface area contributed by atoms with E-state index < -0.39 is 0 Å².